The fourth-order valence-electron chi connectivity index (χ4n) is 4.84. The van der Waals surface area contributed by atoms with E-state index in [0.29, 0.717) is 0 Å². The van der Waals surface area contributed by atoms with E-state index in [1.807, 2.05) is 0 Å². The van der Waals surface area contributed by atoms with Crippen LogP contribution in [0.3, 0.4) is 0 Å². The van der Waals surface area contributed by atoms with Crippen LogP contribution >= 0.6 is 0 Å². The number of aliphatic hydroxyl groups is 6. The molecule has 16 nitrogen and oxygen atoms in total. The number of hydrogen-bond acceptors (Lipinski definition) is 16. The lowest BCUT2D eigenvalue weighted by Crippen LogP contribution is -2.61. The van der Waals surface area contributed by atoms with Crippen molar-refractivity contribution in [2.45, 2.75) is 68.3 Å². The van der Waals surface area contributed by atoms with Gasteiger partial charge >= 0.3 is 0 Å². The third kappa shape index (κ3) is 5.67. The van der Waals surface area contributed by atoms with Gasteiger partial charge in [-0.3, -0.25) is 4.79 Å². The second-order valence-corrected chi connectivity index (χ2v) is 10.3. The first-order valence-electron chi connectivity index (χ1n) is 13.0. The van der Waals surface area contributed by atoms with E-state index in [0.717, 1.165) is 24.3 Å². The van der Waals surface area contributed by atoms with E-state index in [1.165, 1.54) is 13.0 Å². The lowest BCUT2D eigenvalue weighted by atomic mass is 9.98. The van der Waals surface area contributed by atoms with Gasteiger partial charge in [-0.05, 0) is 25.1 Å². The van der Waals surface area contributed by atoms with E-state index in [4.69, 9.17) is 23.4 Å². The Morgan fingerprint density at radius 3 is 2.12 bits per heavy atom. The third-order valence-electron chi connectivity index (χ3n) is 7.29. The summed E-state index contributed by atoms with van der Waals surface area (Å²) in [5, 5.41) is 101. The second-order valence-electron chi connectivity index (χ2n) is 10.3. The minimum Gasteiger partial charge on any atom is -0.508 e. The molecule has 0 spiro atoms. The van der Waals surface area contributed by atoms with E-state index in [9.17, 15) is 55.9 Å². The Hall–Kier alpha value is -3.71. The molecule has 0 bridgehead atoms. The molecule has 2 saturated heterocycles. The van der Waals surface area contributed by atoms with Crippen molar-refractivity contribution in [2.24, 2.45) is 0 Å². The predicted molar refractivity (Wildman–Crippen MR) is 140 cm³/mol. The second kappa shape index (κ2) is 11.8. The average molecular weight is 611 g/mol. The Balaban J connectivity index is 1.48. The fraction of sp³-hybridized carbons (Fsp3) is 0.444. The molecule has 0 saturated carbocycles. The van der Waals surface area contributed by atoms with E-state index in [2.05, 4.69) is 0 Å². The highest BCUT2D eigenvalue weighted by Crippen LogP contribution is 2.39. The molecule has 1 aromatic heterocycles. The van der Waals surface area contributed by atoms with Crippen LogP contribution in [0.1, 0.15) is 6.92 Å². The third-order valence-corrected chi connectivity index (χ3v) is 7.29. The molecule has 0 aliphatic carbocycles. The molecule has 3 heterocycles. The van der Waals surface area contributed by atoms with E-state index in [-0.39, 0.29) is 11.1 Å². The average Bonchev–Trinajstić information content (AvgIpc) is 2.96. The van der Waals surface area contributed by atoms with Gasteiger partial charge in [-0.1, -0.05) is 0 Å². The number of aromatic hydroxyl groups is 4. The molecule has 2 fully saturated rings. The lowest BCUT2D eigenvalue weighted by Gasteiger charge is -2.42. The number of fused-ring (bicyclic) bond motifs is 1. The van der Waals surface area contributed by atoms with Crippen molar-refractivity contribution in [1.29, 1.82) is 0 Å². The predicted octanol–water partition coefficient (Wildman–Crippen LogP) is -1.69. The summed E-state index contributed by atoms with van der Waals surface area (Å²) in [6, 6.07) is 5.24. The largest absolute Gasteiger partial charge is 0.508 e. The Bertz CT molecular complexity index is 1540. The minimum atomic E-state index is -1.97. The van der Waals surface area contributed by atoms with Crippen LogP contribution in [-0.4, -0.2) is 119 Å². The molecule has 3 aromatic rings. The highest BCUT2D eigenvalue weighted by atomic mass is 16.7. The molecule has 10 atom stereocenters. The molecule has 43 heavy (non-hydrogen) atoms. The van der Waals surface area contributed by atoms with Gasteiger partial charge in [0.2, 0.25) is 17.5 Å². The molecular weight excluding hydrogens is 580 g/mol. The van der Waals surface area contributed by atoms with E-state index < -0.39 is 113 Å². The van der Waals surface area contributed by atoms with Crippen LogP contribution in [0.5, 0.6) is 28.7 Å². The highest BCUT2D eigenvalue weighted by Gasteiger charge is 2.47. The molecule has 16 heteroatoms. The van der Waals surface area contributed by atoms with Gasteiger partial charge < -0.3 is 74.4 Å². The summed E-state index contributed by atoms with van der Waals surface area (Å²) in [7, 11) is 0. The maximum atomic E-state index is 13.6. The van der Waals surface area contributed by atoms with Crippen molar-refractivity contribution in [1.82, 2.24) is 0 Å². The summed E-state index contributed by atoms with van der Waals surface area (Å²) in [5.74, 6) is -3.33. The molecule has 0 radical (unpaired) electrons. The maximum Gasteiger partial charge on any atom is 0.239 e. The Morgan fingerprint density at radius 2 is 1.42 bits per heavy atom. The number of phenolic OH excluding ortho intramolecular Hbond substituents is 4. The van der Waals surface area contributed by atoms with Gasteiger partial charge in [-0.25, -0.2) is 0 Å². The smallest absolute Gasteiger partial charge is 0.239 e. The van der Waals surface area contributed by atoms with Crippen LogP contribution in [0.4, 0.5) is 0 Å². The standard InChI is InChI=1S/C27H30O16/c1-8-17(32)20(35)22(37)26(40-8)39-7-15-18(33)21(36)23(38)27(42-15)43-25-19(34)16-13(31)5-10(28)6-14(16)41-24(25)9-2-3-11(29)12(30)4-9/h2-6,8,15,17-18,20-23,26-33,35-38H,7H2,1H3/t8-,15-,17-,18-,20+,21+,22+,23-,26?,27+/m1/s1. The molecular formula is C27H30O16. The summed E-state index contributed by atoms with van der Waals surface area (Å²) in [4.78, 5) is 13.6. The summed E-state index contributed by atoms with van der Waals surface area (Å²) in [6.45, 7) is 0.818. The number of phenols is 4. The topological polar surface area (TPSA) is 269 Å². The first kappa shape index (κ1) is 30.7. The van der Waals surface area contributed by atoms with Gasteiger partial charge in [0.1, 0.15) is 65.2 Å². The zero-order valence-electron chi connectivity index (χ0n) is 22.3. The zero-order valence-corrected chi connectivity index (χ0v) is 22.3. The van der Waals surface area contributed by atoms with Crippen molar-refractivity contribution in [3.8, 4) is 40.1 Å². The Kier molecular flexibility index (Phi) is 8.41. The number of rotatable bonds is 6. The highest BCUT2D eigenvalue weighted by molar-refractivity contribution is 5.88. The zero-order chi connectivity index (χ0) is 31.3. The normalized spacial score (nSPS) is 33.0. The van der Waals surface area contributed by atoms with Gasteiger partial charge in [-0.2, -0.15) is 0 Å². The SMILES string of the molecule is C[C@H]1OC(OC[C@H]2O[C@@H](Oc3c(-c4ccc(O)c(O)c4)oc4cc(O)cc(O)c4c3=O)[C@H](O)[C@@H](O)[C@@H]2O)[C@@H](O)[C@@H](O)[C@@H]1O. The molecule has 2 aromatic carbocycles. The quantitative estimate of drug-likeness (QED) is 0.140. The molecule has 2 aliphatic rings. The summed E-state index contributed by atoms with van der Waals surface area (Å²) in [6.07, 6.45) is -16.2. The number of aliphatic hydroxyl groups excluding tert-OH is 6. The first-order valence-corrected chi connectivity index (χ1v) is 13.0. The van der Waals surface area contributed by atoms with Gasteiger partial charge in [0.25, 0.3) is 0 Å². The van der Waals surface area contributed by atoms with Gasteiger partial charge in [0, 0.05) is 17.7 Å². The molecule has 2 aliphatic heterocycles. The van der Waals surface area contributed by atoms with Crippen molar-refractivity contribution in [3.63, 3.8) is 0 Å². The molecule has 10 N–H and O–H groups in total. The molecule has 5 rings (SSSR count). The van der Waals surface area contributed by atoms with E-state index in [1.54, 1.807) is 0 Å². The maximum absolute atomic E-state index is 13.6. The Morgan fingerprint density at radius 1 is 0.744 bits per heavy atom. The number of hydrogen-bond donors (Lipinski definition) is 10. The lowest BCUT2D eigenvalue weighted by molar-refractivity contribution is -0.318. The van der Waals surface area contributed by atoms with Crippen LogP contribution in [-0.2, 0) is 14.2 Å². The number of benzene rings is 2. The van der Waals surface area contributed by atoms with Crippen molar-refractivity contribution >= 4 is 11.0 Å². The molecule has 0 amide bonds. The molecule has 1 unspecified atom stereocenters. The summed E-state index contributed by atoms with van der Waals surface area (Å²) >= 11 is 0. The first-order chi connectivity index (χ1) is 20.3. The van der Waals surface area contributed by atoms with Gasteiger partial charge in [0.05, 0.1) is 12.7 Å². The monoisotopic (exact) mass is 610 g/mol. The van der Waals surface area contributed by atoms with Crippen LogP contribution in [0.15, 0.2) is 39.5 Å². The van der Waals surface area contributed by atoms with Crippen LogP contribution in [0.2, 0.25) is 0 Å². The Labute approximate surface area is 241 Å². The van der Waals surface area contributed by atoms with Crippen molar-refractivity contribution in [3.05, 3.63) is 40.6 Å². The number of ether oxygens (including phenoxy) is 4. The fourth-order valence-corrected chi connectivity index (χ4v) is 4.84. The minimum absolute atomic E-state index is 0.0313. The molecule has 234 valence electrons. The van der Waals surface area contributed by atoms with Crippen molar-refractivity contribution < 1.29 is 74.4 Å². The van der Waals surface area contributed by atoms with Gasteiger partial charge in [0.15, 0.2) is 23.5 Å². The summed E-state index contributed by atoms with van der Waals surface area (Å²) in [5.41, 5.74) is -1.35. The summed E-state index contributed by atoms with van der Waals surface area (Å²) < 4.78 is 27.8. The van der Waals surface area contributed by atoms with E-state index >= 15 is 0 Å². The van der Waals surface area contributed by atoms with Gasteiger partial charge in [-0.15, -0.1) is 0 Å². The van der Waals surface area contributed by atoms with Crippen LogP contribution < -0.4 is 10.2 Å². The van der Waals surface area contributed by atoms with Crippen LogP contribution in [0.25, 0.3) is 22.3 Å². The van der Waals surface area contributed by atoms with Crippen molar-refractivity contribution in [2.75, 3.05) is 6.61 Å². The van der Waals surface area contributed by atoms with Crippen LogP contribution in [0, 0.1) is 0 Å².